The molecule has 0 aliphatic rings. The molecule has 0 unspecified atom stereocenters. The van der Waals surface area contributed by atoms with E-state index in [0.717, 1.165) is 11.3 Å². The third kappa shape index (κ3) is 4.63. The van der Waals surface area contributed by atoms with Gasteiger partial charge in [-0.05, 0) is 43.7 Å². The predicted octanol–water partition coefficient (Wildman–Crippen LogP) is 4.21. The Morgan fingerprint density at radius 1 is 1.03 bits per heavy atom. The Bertz CT molecular complexity index is 990. The van der Waals surface area contributed by atoms with Crippen LogP contribution in [0.4, 0.5) is 17.3 Å². The summed E-state index contributed by atoms with van der Waals surface area (Å²) in [5.41, 5.74) is 3.12. The van der Waals surface area contributed by atoms with Gasteiger partial charge in [-0.3, -0.25) is 4.79 Å². The van der Waals surface area contributed by atoms with Crippen molar-refractivity contribution >= 4 is 23.2 Å². The summed E-state index contributed by atoms with van der Waals surface area (Å²) in [7, 11) is 3.11. The first-order valence-corrected chi connectivity index (χ1v) is 9.25. The Morgan fingerprint density at radius 3 is 2.38 bits per heavy atom. The molecule has 0 spiro atoms. The lowest BCUT2D eigenvalue weighted by Gasteiger charge is -2.21. The lowest BCUT2D eigenvalue weighted by Crippen LogP contribution is -2.20. The zero-order valence-corrected chi connectivity index (χ0v) is 17.0. The molecule has 1 N–H and O–H groups in total. The van der Waals surface area contributed by atoms with E-state index in [2.05, 4.69) is 21.4 Å². The van der Waals surface area contributed by atoms with Crippen molar-refractivity contribution < 1.29 is 14.3 Å². The number of carbonyl (C=O) groups excluding carboxylic acids is 1. The van der Waals surface area contributed by atoms with Crippen molar-refractivity contribution in [3.8, 4) is 11.5 Å². The van der Waals surface area contributed by atoms with Crippen molar-refractivity contribution in [3.05, 3.63) is 66.0 Å². The van der Waals surface area contributed by atoms with Gasteiger partial charge >= 0.3 is 0 Å². The average molecular weight is 392 g/mol. The molecule has 0 aliphatic heterocycles. The summed E-state index contributed by atoms with van der Waals surface area (Å²) in [5, 5.41) is 2.82. The number of nitrogens with zero attached hydrogens (tertiary/aromatic N) is 3. The Hall–Kier alpha value is -3.61. The number of nitrogens with one attached hydrogen (secondary N) is 1. The fraction of sp³-hybridized carbons (Fsp3) is 0.227. The van der Waals surface area contributed by atoms with Crippen LogP contribution >= 0.6 is 0 Å². The van der Waals surface area contributed by atoms with E-state index < -0.39 is 0 Å². The van der Waals surface area contributed by atoms with E-state index in [9.17, 15) is 4.79 Å². The second kappa shape index (κ2) is 9.05. The fourth-order valence-corrected chi connectivity index (χ4v) is 2.93. The van der Waals surface area contributed by atoms with Crippen molar-refractivity contribution in [2.45, 2.75) is 13.8 Å². The molecule has 0 atom stereocenters. The minimum Gasteiger partial charge on any atom is -0.493 e. The highest BCUT2D eigenvalue weighted by atomic mass is 16.5. The molecule has 0 fully saturated rings. The number of carbonyl (C=O) groups is 1. The van der Waals surface area contributed by atoms with Crippen LogP contribution in [0, 0.1) is 6.92 Å². The van der Waals surface area contributed by atoms with Gasteiger partial charge in [-0.1, -0.05) is 12.1 Å². The van der Waals surface area contributed by atoms with Crippen molar-refractivity contribution in [3.63, 3.8) is 0 Å². The minimum atomic E-state index is -0.303. The highest BCUT2D eigenvalue weighted by Crippen LogP contribution is 2.30. The third-order valence-electron chi connectivity index (χ3n) is 4.41. The van der Waals surface area contributed by atoms with Gasteiger partial charge < -0.3 is 19.7 Å². The van der Waals surface area contributed by atoms with E-state index in [-0.39, 0.29) is 5.91 Å². The number of hydrogen-bond acceptors (Lipinski definition) is 6. The van der Waals surface area contributed by atoms with Gasteiger partial charge in [-0.25, -0.2) is 9.97 Å². The van der Waals surface area contributed by atoms with E-state index in [0.29, 0.717) is 35.2 Å². The largest absolute Gasteiger partial charge is 0.493 e. The Kier molecular flexibility index (Phi) is 6.29. The van der Waals surface area contributed by atoms with Crippen molar-refractivity contribution in [1.29, 1.82) is 0 Å². The summed E-state index contributed by atoms with van der Waals surface area (Å²) in [4.78, 5) is 23.3. The summed E-state index contributed by atoms with van der Waals surface area (Å²) in [6, 6.07) is 13.3. The lowest BCUT2D eigenvalue weighted by atomic mass is 10.2. The second-order valence-corrected chi connectivity index (χ2v) is 6.38. The molecule has 2 aromatic carbocycles. The van der Waals surface area contributed by atoms with Gasteiger partial charge in [0.25, 0.3) is 5.91 Å². The Labute approximate surface area is 170 Å². The molecule has 0 saturated carbocycles. The molecule has 1 aromatic heterocycles. The van der Waals surface area contributed by atoms with Crippen LogP contribution in [0.3, 0.4) is 0 Å². The van der Waals surface area contributed by atoms with Crippen LogP contribution in [0.1, 0.15) is 22.8 Å². The predicted molar refractivity (Wildman–Crippen MR) is 113 cm³/mol. The Morgan fingerprint density at radius 2 is 1.76 bits per heavy atom. The molecule has 7 heteroatoms. The van der Waals surface area contributed by atoms with Crippen LogP contribution in [0.5, 0.6) is 11.5 Å². The molecule has 7 nitrogen and oxygen atoms in total. The number of hydrogen-bond donors (Lipinski definition) is 1. The van der Waals surface area contributed by atoms with E-state index >= 15 is 0 Å². The Balaban J connectivity index is 1.76. The normalized spacial score (nSPS) is 10.3. The first kappa shape index (κ1) is 20.1. The quantitative estimate of drug-likeness (QED) is 0.649. The lowest BCUT2D eigenvalue weighted by molar-refractivity contribution is 0.102. The van der Waals surface area contributed by atoms with Crippen molar-refractivity contribution in [1.82, 2.24) is 9.97 Å². The highest BCUT2D eigenvalue weighted by Gasteiger charge is 2.14. The van der Waals surface area contributed by atoms with E-state index in [1.807, 2.05) is 36.9 Å². The second-order valence-electron chi connectivity index (χ2n) is 6.38. The summed E-state index contributed by atoms with van der Waals surface area (Å²) in [5.74, 6) is 1.37. The standard InChI is InChI=1S/C22H24N4O3/c1-5-26(18-8-6-7-15(2)11-18)22-23-13-16(14-24-22)21(27)25-17-9-10-19(28-3)20(12-17)29-4/h6-14H,5H2,1-4H3,(H,25,27). The average Bonchev–Trinajstić information content (AvgIpc) is 2.74. The molecule has 3 rings (SSSR count). The molecule has 0 radical (unpaired) electrons. The van der Waals surface area contributed by atoms with Gasteiger partial charge in [-0.15, -0.1) is 0 Å². The fourth-order valence-electron chi connectivity index (χ4n) is 2.93. The molecule has 3 aromatic rings. The number of aromatic nitrogens is 2. The monoisotopic (exact) mass is 392 g/mol. The van der Waals surface area contributed by atoms with Crippen LogP contribution < -0.4 is 19.7 Å². The van der Waals surface area contributed by atoms with Crippen LogP contribution in [0.15, 0.2) is 54.9 Å². The number of ether oxygens (including phenoxy) is 2. The highest BCUT2D eigenvalue weighted by molar-refractivity contribution is 6.04. The first-order valence-electron chi connectivity index (χ1n) is 9.25. The molecule has 29 heavy (non-hydrogen) atoms. The minimum absolute atomic E-state index is 0.303. The summed E-state index contributed by atoms with van der Waals surface area (Å²) in [6.45, 7) is 4.78. The molecular formula is C22H24N4O3. The molecule has 150 valence electrons. The summed E-state index contributed by atoms with van der Waals surface area (Å²) in [6.07, 6.45) is 3.05. The SMILES string of the molecule is CCN(c1cccc(C)c1)c1ncc(C(=O)Nc2ccc(OC)c(OC)c2)cn1. The van der Waals surface area contributed by atoms with Crippen molar-refractivity contribution in [2.75, 3.05) is 31.0 Å². The maximum absolute atomic E-state index is 12.6. The van der Waals surface area contributed by atoms with Crippen LogP contribution in [-0.2, 0) is 0 Å². The van der Waals surface area contributed by atoms with Gasteiger partial charge in [0.05, 0.1) is 19.8 Å². The van der Waals surface area contributed by atoms with Crippen LogP contribution in [-0.4, -0.2) is 36.6 Å². The summed E-state index contributed by atoms with van der Waals surface area (Å²) < 4.78 is 10.5. The maximum atomic E-state index is 12.6. The molecule has 1 amide bonds. The van der Waals surface area contributed by atoms with Crippen LogP contribution in [0.2, 0.25) is 0 Å². The maximum Gasteiger partial charge on any atom is 0.258 e. The van der Waals surface area contributed by atoms with Gasteiger partial charge in [0, 0.05) is 36.4 Å². The molecular weight excluding hydrogens is 368 g/mol. The van der Waals surface area contributed by atoms with Gasteiger partial charge in [0.2, 0.25) is 5.95 Å². The van der Waals surface area contributed by atoms with E-state index in [1.165, 1.54) is 12.4 Å². The number of rotatable bonds is 7. The van der Waals surface area contributed by atoms with Crippen molar-refractivity contribution in [2.24, 2.45) is 0 Å². The van der Waals surface area contributed by atoms with E-state index in [4.69, 9.17) is 9.47 Å². The topological polar surface area (TPSA) is 76.6 Å². The summed E-state index contributed by atoms with van der Waals surface area (Å²) >= 11 is 0. The van der Waals surface area contributed by atoms with Gasteiger partial charge in [0.1, 0.15) is 0 Å². The number of aryl methyl sites for hydroxylation is 1. The molecule has 1 heterocycles. The molecule has 0 bridgehead atoms. The first-order chi connectivity index (χ1) is 14.0. The third-order valence-corrected chi connectivity index (χ3v) is 4.41. The molecule has 0 saturated heterocycles. The van der Waals surface area contributed by atoms with Crippen LogP contribution in [0.25, 0.3) is 0 Å². The van der Waals surface area contributed by atoms with Gasteiger partial charge in [-0.2, -0.15) is 0 Å². The smallest absolute Gasteiger partial charge is 0.258 e. The number of anilines is 3. The zero-order valence-electron chi connectivity index (χ0n) is 17.0. The number of benzene rings is 2. The zero-order chi connectivity index (χ0) is 20.8. The van der Waals surface area contributed by atoms with E-state index in [1.54, 1.807) is 32.4 Å². The number of amides is 1. The molecule has 0 aliphatic carbocycles. The van der Waals surface area contributed by atoms with Gasteiger partial charge in [0.15, 0.2) is 11.5 Å². The number of methoxy groups -OCH3 is 2.